The van der Waals surface area contributed by atoms with Crippen LogP contribution < -0.4 is 5.32 Å². The Labute approximate surface area is 106 Å². The van der Waals surface area contributed by atoms with Crippen LogP contribution in [0.5, 0.6) is 0 Å². The van der Waals surface area contributed by atoms with E-state index in [1.807, 2.05) is 6.07 Å². The maximum absolute atomic E-state index is 11.9. The Morgan fingerprint density at radius 3 is 3.28 bits per heavy atom. The Morgan fingerprint density at radius 1 is 1.67 bits per heavy atom. The lowest BCUT2D eigenvalue weighted by Crippen LogP contribution is -2.31. The molecule has 2 rings (SSSR count). The second-order valence-corrected chi connectivity index (χ2v) is 4.22. The fraction of sp³-hybridized carbons (Fsp3) is 0.462. The first-order valence-corrected chi connectivity index (χ1v) is 6.01. The third-order valence-corrected chi connectivity index (χ3v) is 2.85. The van der Waals surface area contributed by atoms with Gasteiger partial charge in [0.25, 0.3) is 5.91 Å². The third-order valence-electron chi connectivity index (χ3n) is 2.85. The van der Waals surface area contributed by atoms with E-state index >= 15 is 0 Å². The SMILES string of the molecule is N#CCc1cc(C(=O)NCC2CCCO2)ccn1. The fourth-order valence-corrected chi connectivity index (χ4v) is 1.91. The molecular weight excluding hydrogens is 230 g/mol. The molecule has 0 radical (unpaired) electrons. The lowest BCUT2D eigenvalue weighted by Gasteiger charge is -2.10. The van der Waals surface area contributed by atoms with Crippen LogP contribution >= 0.6 is 0 Å². The van der Waals surface area contributed by atoms with Crippen molar-refractivity contribution in [3.8, 4) is 6.07 Å². The van der Waals surface area contributed by atoms with Crippen molar-refractivity contribution in [2.75, 3.05) is 13.2 Å². The average Bonchev–Trinajstić information content (AvgIpc) is 2.90. The lowest BCUT2D eigenvalue weighted by atomic mass is 10.2. The molecule has 1 fully saturated rings. The van der Waals surface area contributed by atoms with Gasteiger partial charge < -0.3 is 10.1 Å². The van der Waals surface area contributed by atoms with Crippen LogP contribution in [-0.2, 0) is 11.2 Å². The van der Waals surface area contributed by atoms with Gasteiger partial charge in [-0.15, -0.1) is 0 Å². The number of nitriles is 1. The number of carbonyl (C=O) groups is 1. The van der Waals surface area contributed by atoms with Crippen molar-refractivity contribution in [2.45, 2.75) is 25.4 Å². The Morgan fingerprint density at radius 2 is 2.56 bits per heavy atom. The zero-order valence-corrected chi connectivity index (χ0v) is 10.1. The summed E-state index contributed by atoms with van der Waals surface area (Å²) in [6, 6.07) is 5.30. The summed E-state index contributed by atoms with van der Waals surface area (Å²) >= 11 is 0. The van der Waals surface area contributed by atoms with Gasteiger partial charge in [-0.2, -0.15) is 5.26 Å². The summed E-state index contributed by atoms with van der Waals surface area (Å²) in [5, 5.41) is 11.4. The van der Waals surface area contributed by atoms with Gasteiger partial charge >= 0.3 is 0 Å². The van der Waals surface area contributed by atoms with Crippen LogP contribution in [0.25, 0.3) is 0 Å². The number of amides is 1. The van der Waals surface area contributed by atoms with Gasteiger partial charge in [0.05, 0.1) is 24.3 Å². The molecule has 1 atom stereocenters. The zero-order chi connectivity index (χ0) is 12.8. The second-order valence-electron chi connectivity index (χ2n) is 4.22. The lowest BCUT2D eigenvalue weighted by molar-refractivity contribution is 0.0857. The standard InChI is InChI=1S/C13H15N3O2/c14-5-3-11-8-10(4-6-15-11)13(17)16-9-12-2-1-7-18-12/h4,6,8,12H,1-3,7,9H2,(H,16,17). The highest BCUT2D eigenvalue weighted by molar-refractivity contribution is 5.94. The Kier molecular flexibility index (Phi) is 4.26. The minimum absolute atomic E-state index is 0.134. The summed E-state index contributed by atoms with van der Waals surface area (Å²) in [6.07, 6.45) is 3.95. The number of ether oxygens (including phenoxy) is 1. The maximum Gasteiger partial charge on any atom is 0.251 e. The van der Waals surface area contributed by atoms with E-state index < -0.39 is 0 Å². The minimum Gasteiger partial charge on any atom is -0.376 e. The van der Waals surface area contributed by atoms with Crippen LogP contribution in [0, 0.1) is 11.3 Å². The average molecular weight is 245 g/mol. The van der Waals surface area contributed by atoms with Gasteiger partial charge in [0, 0.05) is 24.9 Å². The number of nitrogens with zero attached hydrogens (tertiary/aromatic N) is 2. The van der Waals surface area contributed by atoms with Crippen LogP contribution in [0.3, 0.4) is 0 Å². The molecule has 1 aliphatic heterocycles. The molecule has 94 valence electrons. The summed E-state index contributed by atoms with van der Waals surface area (Å²) in [7, 11) is 0. The monoisotopic (exact) mass is 245 g/mol. The molecule has 0 saturated carbocycles. The molecule has 1 aliphatic rings. The highest BCUT2D eigenvalue weighted by atomic mass is 16.5. The largest absolute Gasteiger partial charge is 0.376 e. The van der Waals surface area contributed by atoms with Crippen molar-refractivity contribution in [1.29, 1.82) is 5.26 Å². The predicted molar refractivity (Wildman–Crippen MR) is 64.9 cm³/mol. The van der Waals surface area contributed by atoms with Gasteiger partial charge in [0.2, 0.25) is 0 Å². The van der Waals surface area contributed by atoms with E-state index in [0.29, 0.717) is 17.8 Å². The highest BCUT2D eigenvalue weighted by Crippen LogP contribution is 2.11. The molecule has 0 aromatic carbocycles. The van der Waals surface area contributed by atoms with Gasteiger partial charge in [-0.1, -0.05) is 0 Å². The first-order chi connectivity index (χ1) is 8.79. The van der Waals surface area contributed by atoms with Gasteiger partial charge in [-0.25, -0.2) is 0 Å². The number of carbonyl (C=O) groups excluding carboxylic acids is 1. The van der Waals surface area contributed by atoms with E-state index in [4.69, 9.17) is 10.00 Å². The summed E-state index contributed by atoms with van der Waals surface area (Å²) in [6.45, 7) is 1.32. The minimum atomic E-state index is -0.146. The van der Waals surface area contributed by atoms with E-state index in [0.717, 1.165) is 19.4 Å². The number of nitrogens with one attached hydrogen (secondary N) is 1. The van der Waals surface area contributed by atoms with Gasteiger partial charge in [0.15, 0.2) is 0 Å². The number of hydrogen-bond donors (Lipinski definition) is 1. The fourth-order valence-electron chi connectivity index (χ4n) is 1.91. The van der Waals surface area contributed by atoms with Crippen LogP contribution in [0.4, 0.5) is 0 Å². The number of rotatable bonds is 4. The molecule has 0 spiro atoms. The molecular formula is C13H15N3O2. The molecule has 1 unspecified atom stereocenters. The number of pyridine rings is 1. The summed E-state index contributed by atoms with van der Waals surface area (Å²) in [4.78, 5) is 15.9. The first-order valence-electron chi connectivity index (χ1n) is 6.01. The van der Waals surface area contributed by atoms with Crippen LogP contribution in [-0.4, -0.2) is 30.1 Å². The van der Waals surface area contributed by atoms with E-state index in [1.165, 1.54) is 0 Å². The van der Waals surface area contributed by atoms with E-state index in [-0.39, 0.29) is 18.4 Å². The molecule has 0 bridgehead atoms. The normalized spacial score (nSPS) is 18.3. The molecule has 1 saturated heterocycles. The summed E-state index contributed by atoms with van der Waals surface area (Å²) in [5.74, 6) is -0.146. The van der Waals surface area contributed by atoms with Crippen molar-refractivity contribution >= 4 is 5.91 Å². The van der Waals surface area contributed by atoms with E-state index in [2.05, 4.69) is 10.3 Å². The van der Waals surface area contributed by atoms with Crippen LogP contribution in [0.1, 0.15) is 28.9 Å². The highest BCUT2D eigenvalue weighted by Gasteiger charge is 2.16. The quantitative estimate of drug-likeness (QED) is 0.860. The molecule has 1 amide bonds. The van der Waals surface area contributed by atoms with Crippen LogP contribution in [0.15, 0.2) is 18.3 Å². The van der Waals surface area contributed by atoms with E-state index in [9.17, 15) is 4.79 Å². The van der Waals surface area contributed by atoms with Gasteiger partial charge in [-0.3, -0.25) is 9.78 Å². The molecule has 1 N–H and O–H groups in total. The third kappa shape index (κ3) is 3.28. The Balaban J connectivity index is 1.91. The molecule has 5 heteroatoms. The first kappa shape index (κ1) is 12.5. The summed E-state index contributed by atoms with van der Waals surface area (Å²) in [5.41, 5.74) is 1.15. The molecule has 18 heavy (non-hydrogen) atoms. The second kappa shape index (κ2) is 6.12. The predicted octanol–water partition coefficient (Wildman–Crippen LogP) is 1.06. The van der Waals surface area contributed by atoms with Gasteiger partial charge in [-0.05, 0) is 25.0 Å². The van der Waals surface area contributed by atoms with Crippen molar-refractivity contribution in [2.24, 2.45) is 0 Å². The number of aromatic nitrogens is 1. The zero-order valence-electron chi connectivity index (χ0n) is 10.1. The topological polar surface area (TPSA) is 75.0 Å². The molecule has 5 nitrogen and oxygen atoms in total. The van der Waals surface area contributed by atoms with Crippen LogP contribution in [0.2, 0.25) is 0 Å². The molecule has 0 aliphatic carbocycles. The Hall–Kier alpha value is -1.93. The smallest absolute Gasteiger partial charge is 0.251 e. The van der Waals surface area contributed by atoms with E-state index in [1.54, 1.807) is 18.3 Å². The number of hydrogen-bond acceptors (Lipinski definition) is 4. The summed E-state index contributed by atoms with van der Waals surface area (Å²) < 4.78 is 5.43. The van der Waals surface area contributed by atoms with Crippen molar-refractivity contribution in [1.82, 2.24) is 10.3 Å². The molecule has 1 aromatic heterocycles. The maximum atomic E-state index is 11.9. The van der Waals surface area contributed by atoms with Crippen molar-refractivity contribution in [3.63, 3.8) is 0 Å². The molecule has 2 heterocycles. The Bertz CT molecular complexity index is 462. The van der Waals surface area contributed by atoms with Gasteiger partial charge in [0.1, 0.15) is 0 Å². The van der Waals surface area contributed by atoms with Crippen molar-refractivity contribution in [3.05, 3.63) is 29.6 Å². The molecule has 1 aromatic rings. The van der Waals surface area contributed by atoms with Crippen molar-refractivity contribution < 1.29 is 9.53 Å².